The predicted octanol–water partition coefficient (Wildman–Crippen LogP) is 0.992. The molecule has 0 bridgehead atoms. The highest BCUT2D eigenvalue weighted by Crippen LogP contribution is 2.25. The van der Waals surface area contributed by atoms with Gasteiger partial charge in [0.1, 0.15) is 0 Å². The summed E-state index contributed by atoms with van der Waals surface area (Å²) in [5, 5.41) is 27.0. The van der Waals surface area contributed by atoms with E-state index in [1.54, 1.807) is 0 Å². The van der Waals surface area contributed by atoms with Gasteiger partial charge in [0.25, 0.3) is 0 Å². The molecule has 3 N–H and O–H groups in total. The molecule has 1 aromatic rings. The Balaban J connectivity index is 2.69. The maximum atomic E-state index is 11.0. The average Bonchev–Trinajstić information content (AvgIpc) is 2.19. The standard InChI is InChI=1S/C11H12O5/c1-7(12)16-11(15)5-3-8-2-4-9(13)10(14)6-8/h2-7,12-14H,1H3/b5-3+. The fraction of sp³-hybridized carbons (Fsp3) is 0.182. The average molecular weight is 224 g/mol. The molecule has 0 aliphatic rings. The van der Waals surface area contributed by atoms with Gasteiger partial charge in [0.05, 0.1) is 0 Å². The molecule has 0 aliphatic carbocycles. The van der Waals surface area contributed by atoms with Crippen molar-refractivity contribution in [3.8, 4) is 11.5 Å². The lowest BCUT2D eigenvalue weighted by Gasteiger charge is -2.03. The molecule has 0 spiro atoms. The van der Waals surface area contributed by atoms with Crippen molar-refractivity contribution in [2.24, 2.45) is 0 Å². The fourth-order valence-electron chi connectivity index (χ4n) is 1.02. The smallest absolute Gasteiger partial charge is 0.333 e. The number of aromatic hydroxyl groups is 2. The molecule has 0 heterocycles. The minimum absolute atomic E-state index is 0.233. The van der Waals surface area contributed by atoms with Crippen LogP contribution in [0.1, 0.15) is 12.5 Å². The number of carbonyl (C=O) groups excluding carboxylic acids is 1. The van der Waals surface area contributed by atoms with Gasteiger partial charge in [0.2, 0.25) is 0 Å². The third kappa shape index (κ3) is 3.62. The first-order chi connectivity index (χ1) is 7.49. The van der Waals surface area contributed by atoms with Crippen LogP contribution in [0.25, 0.3) is 6.08 Å². The van der Waals surface area contributed by atoms with Gasteiger partial charge in [0, 0.05) is 6.08 Å². The zero-order valence-corrected chi connectivity index (χ0v) is 8.62. The van der Waals surface area contributed by atoms with Crippen molar-refractivity contribution in [3.05, 3.63) is 29.8 Å². The number of phenols is 2. The molecule has 1 aromatic carbocycles. The van der Waals surface area contributed by atoms with Crippen molar-refractivity contribution in [2.75, 3.05) is 0 Å². The molecule has 0 amide bonds. The van der Waals surface area contributed by atoms with E-state index >= 15 is 0 Å². The lowest BCUT2D eigenvalue weighted by molar-refractivity contribution is -0.158. The highest BCUT2D eigenvalue weighted by atomic mass is 16.6. The lowest BCUT2D eigenvalue weighted by Crippen LogP contribution is -2.11. The van der Waals surface area contributed by atoms with Gasteiger partial charge >= 0.3 is 5.97 Å². The van der Waals surface area contributed by atoms with Crippen LogP contribution in [0.15, 0.2) is 24.3 Å². The van der Waals surface area contributed by atoms with Gasteiger partial charge < -0.3 is 20.1 Å². The molecular weight excluding hydrogens is 212 g/mol. The highest BCUT2D eigenvalue weighted by molar-refractivity contribution is 5.87. The minimum atomic E-state index is -1.16. The molecular formula is C11H12O5. The number of rotatable bonds is 3. The Hall–Kier alpha value is -2.01. The van der Waals surface area contributed by atoms with Crippen LogP contribution in [0.5, 0.6) is 11.5 Å². The number of esters is 1. The van der Waals surface area contributed by atoms with Crippen LogP contribution in [0.4, 0.5) is 0 Å². The Morgan fingerprint density at radius 2 is 2.06 bits per heavy atom. The van der Waals surface area contributed by atoms with Crippen molar-refractivity contribution < 1.29 is 24.9 Å². The minimum Gasteiger partial charge on any atom is -0.504 e. The Morgan fingerprint density at radius 1 is 1.38 bits per heavy atom. The van der Waals surface area contributed by atoms with Gasteiger partial charge in [0.15, 0.2) is 17.8 Å². The molecule has 1 atom stereocenters. The summed E-state index contributed by atoms with van der Waals surface area (Å²) in [5.74, 6) is -1.20. The van der Waals surface area contributed by atoms with Crippen LogP contribution in [0.2, 0.25) is 0 Å². The van der Waals surface area contributed by atoms with Crippen LogP contribution in [-0.4, -0.2) is 27.6 Å². The first-order valence-corrected chi connectivity index (χ1v) is 4.58. The number of phenolic OH excluding ortho intramolecular Hbond substituents is 2. The van der Waals surface area contributed by atoms with Crippen LogP contribution in [-0.2, 0) is 9.53 Å². The van der Waals surface area contributed by atoms with E-state index in [1.807, 2.05) is 0 Å². The Morgan fingerprint density at radius 3 is 2.62 bits per heavy atom. The summed E-state index contributed by atoms with van der Waals surface area (Å²) in [5.41, 5.74) is 0.526. The summed E-state index contributed by atoms with van der Waals surface area (Å²) >= 11 is 0. The molecule has 5 heteroatoms. The maximum absolute atomic E-state index is 11.0. The van der Waals surface area contributed by atoms with E-state index in [4.69, 9.17) is 10.2 Å². The van der Waals surface area contributed by atoms with Crippen molar-refractivity contribution in [2.45, 2.75) is 13.2 Å². The van der Waals surface area contributed by atoms with Gasteiger partial charge in [-0.3, -0.25) is 0 Å². The molecule has 5 nitrogen and oxygen atoms in total. The number of carbonyl (C=O) groups is 1. The second-order valence-corrected chi connectivity index (χ2v) is 3.12. The van der Waals surface area contributed by atoms with Crippen LogP contribution in [0.3, 0.4) is 0 Å². The summed E-state index contributed by atoms with van der Waals surface area (Å²) in [7, 11) is 0. The predicted molar refractivity (Wildman–Crippen MR) is 56.6 cm³/mol. The number of benzene rings is 1. The van der Waals surface area contributed by atoms with E-state index < -0.39 is 12.3 Å². The second kappa shape index (κ2) is 5.18. The molecule has 1 unspecified atom stereocenters. The first-order valence-electron chi connectivity index (χ1n) is 4.58. The normalized spacial score (nSPS) is 12.6. The zero-order valence-electron chi connectivity index (χ0n) is 8.62. The van der Waals surface area contributed by atoms with E-state index in [0.717, 1.165) is 6.08 Å². The second-order valence-electron chi connectivity index (χ2n) is 3.12. The molecule has 0 fully saturated rings. The highest BCUT2D eigenvalue weighted by Gasteiger charge is 2.02. The summed E-state index contributed by atoms with van der Waals surface area (Å²) < 4.78 is 4.44. The SMILES string of the molecule is CC(O)OC(=O)/C=C/c1ccc(O)c(O)c1. The van der Waals surface area contributed by atoms with E-state index in [2.05, 4.69) is 4.74 Å². The summed E-state index contributed by atoms with van der Waals surface area (Å²) in [6, 6.07) is 4.11. The van der Waals surface area contributed by atoms with Crippen LogP contribution >= 0.6 is 0 Å². The molecule has 0 radical (unpaired) electrons. The summed E-state index contributed by atoms with van der Waals surface area (Å²) in [4.78, 5) is 11.0. The molecule has 0 saturated heterocycles. The molecule has 1 rings (SSSR count). The van der Waals surface area contributed by atoms with Crippen LogP contribution in [0, 0.1) is 0 Å². The number of hydrogen-bond acceptors (Lipinski definition) is 5. The molecule has 0 saturated carbocycles. The van der Waals surface area contributed by atoms with E-state index in [1.165, 1.54) is 31.2 Å². The van der Waals surface area contributed by atoms with Gasteiger partial charge in [-0.2, -0.15) is 0 Å². The molecule has 16 heavy (non-hydrogen) atoms. The largest absolute Gasteiger partial charge is 0.504 e. The van der Waals surface area contributed by atoms with Gasteiger partial charge in [-0.15, -0.1) is 0 Å². The number of aliphatic hydroxyl groups is 1. The Kier molecular flexibility index (Phi) is 3.90. The lowest BCUT2D eigenvalue weighted by atomic mass is 10.2. The van der Waals surface area contributed by atoms with E-state index in [0.29, 0.717) is 5.56 Å². The van der Waals surface area contributed by atoms with E-state index in [9.17, 15) is 9.90 Å². The zero-order chi connectivity index (χ0) is 12.1. The number of aliphatic hydroxyl groups excluding tert-OH is 1. The van der Waals surface area contributed by atoms with Crippen LogP contribution < -0.4 is 0 Å². The molecule has 86 valence electrons. The quantitative estimate of drug-likeness (QED) is 0.308. The third-order valence-electron chi connectivity index (χ3n) is 1.70. The third-order valence-corrected chi connectivity index (χ3v) is 1.70. The topological polar surface area (TPSA) is 87.0 Å². The van der Waals surface area contributed by atoms with Crippen molar-refractivity contribution >= 4 is 12.0 Å². The van der Waals surface area contributed by atoms with Gasteiger partial charge in [-0.05, 0) is 30.7 Å². The molecule has 0 aliphatic heterocycles. The van der Waals surface area contributed by atoms with Gasteiger partial charge in [-0.25, -0.2) is 4.79 Å². The monoisotopic (exact) mass is 224 g/mol. The number of hydrogen-bond donors (Lipinski definition) is 3. The number of ether oxygens (including phenoxy) is 1. The Labute approximate surface area is 92.2 Å². The maximum Gasteiger partial charge on any atom is 0.333 e. The summed E-state index contributed by atoms with van der Waals surface area (Å²) in [6.45, 7) is 1.32. The van der Waals surface area contributed by atoms with Crippen molar-refractivity contribution in [1.29, 1.82) is 0 Å². The summed E-state index contributed by atoms with van der Waals surface area (Å²) in [6.07, 6.45) is 1.34. The van der Waals surface area contributed by atoms with Crippen molar-refractivity contribution in [1.82, 2.24) is 0 Å². The molecule has 0 aromatic heterocycles. The van der Waals surface area contributed by atoms with Gasteiger partial charge in [-0.1, -0.05) is 6.07 Å². The van der Waals surface area contributed by atoms with Crippen molar-refractivity contribution in [3.63, 3.8) is 0 Å². The first kappa shape index (κ1) is 12.1. The Bertz CT molecular complexity index is 409. The van der Waals surface area contributed by atoms with E-state index in [-0.39, 0.29) is 11.5 Å². The fourth-order valence-corrected chi connectivity index (χ4v) is 1.02.